The van der Waals surface area contributed by atoms with Gasteiger partial charge in [0.1, 0.15) is 0 Å². The molecule has 2 fully saturated rings. The normalized spacial score (nSPS) is 23.7. The van der Waals surface area contributed by atoms with Crippen LogP contribution in [-0.4, -0.2) is 61.1 Å². The number of hydrogen-bond donors (Lipinski definition) is 2. The lowest BCUT2D eigenvalue weighted by Crippen LogP contribution is -2.51. The summed E-state index contributed by atoms with van der Waals surface area (Å²) in [6, 6.07) is -0.698. The van der Waals surface area contributed by atoms with Gasteiger partial charge in [-0.15, -0.1) is 0 Å². The molecule has 7 nitrogen and oxygen atoms in total. The van der Waals surface area contributed by atoms with Crippen LogP contribution >= 0.6 is 0 Å². The van der Waals surface area contributed by atoms with E-state index in [-0.39, 0.29) is 49.0 Å². The fourth-order valence-corrected chi connectivity index (χ4v) is 3.39. The van der Waals surface area contributed by atoms with E-state index in [0.29, 0.717) is 0 Å². The molecule has 0 radical (unpaired) electrons. The van der Waals surface area contributed by atoms with Crippen molar-refractivity contribution in [1.29, 1.82) is 0 Å². The number of amides is 2. The minimum Gasteiger partial charge on any atom is -0.481 e. The number of nitrogens with zero attached hydrogens (tertiary/aromatic N) is 1. The van der Waals surface area contributed by atoms with Gasteiger partial charge < -0.3 is 15.3 Å². The third-order valence-corrected chi connectivity index (χ3v) is 5.14. The van der Waals surface area contributed by atoms with Crippen LogP contribution < -0.4 is 5.32 Å². The van der Waals surface area contributed by atoms with E-state index in [9.17, 15) is 18.0 Å². The fraction of sp³-hybridized carbons (Fsp3) is 0.818. The van der Waals surface area contributed by atoms with Gasteiger partial charge in [0.15, 0.2) is 9.84 Å². The van der Waals surface area contributed by atoms with E-state index < -0.39 is 15.8 Å². The fourth-order valence-electron chi connectivity index (χ4n) is 2.19. The molecule has 1 atom stereocenters. The molecular formula is C11H18N2O5S. The summed E-state index contributed by atoms with van der Waals surface area (Å²) in [5.41, 5.74) is 0. The second-order valence-electron chi connectivity index (χ2n) is 5.13. The Morgan fingerprint density at radius 1 is 1.26 bits per heavy atom. The number of urea groups is 1. The smallest absolute Gasteiger partial charge is 0.317 e. The van der Waals surface area contributed by atoms with Crippen LogP contribution in [-0.2, 0) is 14.6 Å². The lowest BCUT2D eigenvalue weighted by Gasteiger charge is -2.29. The summed E-state index contributed by atoms with van der Waals surface area (Å²) < 4.78 is 22.5. The van der Waals surface area contributed by atoms with Crippen LogP contribution in [0.2, 0.25) is 0 Å². The number of carbonyl (C=O) groups excluding carboxylic acids is 1. The van der Waals surface area contributed by atoms with Crippen LogP contribution in [0.1, 0.15) is 19.3 Å². The molecule has 0 spiro atoms. The number of carbonyl (C=O) groups is 2. The second kappa shape index (κ2) is 5.36. The van der Waals surface area contributed by atoms with Crippen molar-refractivity contribution in [3.8, 4) is 0 Å². The molecule has 2 aliphatic rings. The first-order valence-corrected chi connectivity index (χ1v) is 8.17. The van der Waals surface area contributed by atoms with E-state index in [0.717, 1.165) is 12.8 Å². The maximum absolute atomic E-state index is 12.0. The van der Waals surface area contributed by atoms with E-state index in [2.05, 4.69) is 5.32 Å². The molecule has 2 rings (SSSR count). The lowest BCUT2D eigenvalue weighted by atomic mass is 10.1. The maximum Gasteiger partial charge on any atom is 0.317 e. The quantitative estimate of drug-likeness (QED) is 0.738. The van der Waals surface area contributed by atoms with Gasteiger partial charge in [0.2, 0.25) is 0 Å². The van der Waals surface area contributed by atoms with Gasteiger partial charge >= 0.3 is 12.0 Å². The predicted octanol–water partition coefficient (Wildman–Crippen LogP) is -0.320. The molecule has 0 aromatic carbocycles. The first-order chi connectivity index (χ1) is 8.87. The number of carboxylic acid groups (broad SMARTS) is 1. The van der Waals surface area contributed by atoms with E-state index in [1.165, 1.54) is 4.90 Å². The summed E-state index contributed by atoms with van der Waals surface area (Å²) in [6.45, 7) is 0.358. The Hall–Kier alpha value is -1.31. The molecule has 0 aromatic rings. The summed E-state index contributed by atoms with van der Waals surface area (Å²) >= 11 is 0. The summed E-state index contributed by atoms with van der Waals surface area (Å²) in [5.74, 6) is -0.729. The molecular weight excluding hydrogens is 272 g/mol. The van der Waals surface area contributed by atoms with Crippen molar-refractivity contribution >= 4 is 21.8 Å². The average molecular weight is 290 g/mol. The Morgan fingerprint density at radius 3 is 2.32 bits per heavy atom. The molecule has 1 saturated heterocycles. The highest BCUT2D eigenvalue weighted by atomic mass is 32.2. The standard InChI is InChI=1S/C11H18N2O5S/c14-10(15)7-9(8-1-2-8)12-11(16)13-3-5-19(17,18)6-4-13/h8-9H,1-7H2,(H,12,16)(H,14,15). The van der Waals surface area contributed by atoms with Crippen molar-refractivity contribution in [2.24, 2.45) is 5.92 Å². The van der Waals surface area contributed by atoms with Crippen molar-refractivity contribution in [2.75, 3.05) is 24.6 Å². The molecule has 0 aromatic heterocycles. The van der Waals surface area contributed by atoms with E-state index in [1.807, 2.05) is 0 Å². The first-order valence-electron chi connectivity index (χ1n) is 6.35. The Balaban J connectivity index is 1.87. The van der Waals surface area contributed by atoms with Gasteiger partial charge in [-0.3, -0.25) is 4.79 Å². The molecule has 1 heterocycles. The highest BCUT2D eigenvalue weighted by Gasteiger charge is 2.35. The largest absolute Gasteiger partial charge is 0.481 e. The summed E-state index contributed by atoms with van der Waals surface area (Å²) in [6.07, 6.45) is 1.79. The third-order valence-electron chi connectivity index (χ3n) is 3.53. The molecule has 8 heteroatoms. The molecule has 19 heavy (non-hydrogen) atoms. The van der Waals surface area contributed by atoms with Gasteiger partial charge in [-0.1, -0.05) is 0 Å². The maximum atomic E-state index is 12.0. The topological polar surface area (TPSA) is 104 Å². The van der Waals surface area contributed by atoms with E-state index in [1.54, 1.807) is 0 Å². The Labute approximate surface area is 111 Å². The van der Waals surface area contributed by atoms with Crippen LogP contribution in [0.4, 0.5) is 4.79 Å². The van der Waals surface area contributed by atoms with E-state index >= 15 is 0 Å². The summed E-state index contributed by atoms with van der Waals surface area (Å²) in [7, 11) is -3.02. The van der Waals surface area contributed by atoms with Gasteiger partial charge in [-0.05, 0) is 18.8 Å². The van der Waals surface area contributed by atoms with E-state index in [4.69, 9.17) is 5.11 Å². The van der Waals surface area contributed by atoms with Crippen LogP contribution in [0.25, 0.3) is 0 Å². The molecule has 1 aliphatic carbocycles. The minimum absolute atomic E-state index is 0.0204. The van der Waals surface area contributed by atoms with Crippen molar-refractivity contribution in [3.05, 3.63) is 0 Å². The number of rotatable bonds is 4. The predicted molar refractivity (Wildman–Crippen MR) is 67.5 cm³/mol. The number of aliphatic carboxylic acids is 1. The first kappa shape index (κ1) is 14.1. The molecule has 108 valence electrons. The Kier molecular flexibility index (Phi) is 3.98. The van der Waals surface area contributed by atoms with Crippen molar-refractivity contribution in [3.63, 3.8) is 0 Å². The highest BCUT2D eigenvalue weighted by Crippen LogP contribution is 2.34. The van der Waals surface area contributed by atoms with Crippen molar-refractivity contribution in [1.82, 2.24) is 10.2 Å². The van der Waals surface area contributed by atoms with Crippen molar-refractivity contribution in [2.45, 2.75) is 25.3 Å². The Morgan fingerprint density at radius 2 is 1.84 bits per heavy atom. The van der Waals surface area contributed by atoms with Gasteiger partial charge in [0, 0.05) is 19.1 Å². The number of sulfone groups is 1. The molecule has 1 unspecified atom stereocenters. The number of hydrogen-bond acceptors (Lipinski definition) is 4. The third kappa shape index (κ3) is 4.09. The molecule has 2 N–H and O–H groups in total. The molecule has 2 amide bonds. The summed E-state index contributed by atoms with van der Waals surface area (Å²) in [5, 5.41) is 11.5. The molecule has 0 bridgehead atoms. The van der Waals surface area contributed by atoms with Gasteiger partial charge in [0.25, 0.3) is 0 Å². The monoisotopic (exact) mass is 290 g/mol. The number of carboxylic acids is 1. The van der Waals surface area contributed by atoms with Crippen molar-refractivity contribution < 1.29 is 23.1 Å². The number of nitrogens with one attached hydrogen (secondary N) is 1. The minimum atomic E-state index is -3.02. The zero-order valence-corrected chi connectivity index (χ0v) is 11.4. The molecule has 1 aliphatic heterocycles. The van der Waals surface area contributed by atoms with Crippen LogP contribution in [0, 0.1) is 5.92 Å². The second-order valence-corrected chi connectivity index (χ2v) is 7.43. The van der Waals surface area contributed by atoms with Crippen LogP contribution in [0.3, 0.4) is 0 Å². The summed E-state index contributed by atoms with van der Waals surface area (Å²) in [4.78, 5) is 24.1. The van der Waals surface area contributed by atoms with Gasteiger partial charge in [0.05, 0.1) is 17.9 Å². The Bertz CT molecular complexity index is 457. The van der Waals surface area contributed by atoms with Gasteiger partial charge in [-0.25, -0.2) is 13.2 Å². The lowest BCUT2D eigenvalue weighted by molar-refractivity contribution is -0.137. The van der Waals surface area contributed by atoms with Gasteiger partial charge in [-0.2, -0.15) is 0 Å². The zero-order valence-electron chi connectivity index (χ0n) is 10.5. The van der Waals surface area contributed by atoms with Crippen LogP contribution in [0.15, 0.2) is 0 Å². The van der Waals surface area contributed by atoms with Crippen LogP contribution in [0.5, 0.6) is 0 Å². The average Bonchev–Trinajstić information content (AvgIpc) is 3.10. The molecule has 1 saturated carbocycles. The highest BCUT2D eigenvalue weighted by molar-refractivity contribution is 7.91. The zero-order chi connectivity index (χ0) is 14.0. The SMILES string of the molecule is O=C(O)CC(NC(=O)N1CCS(=O)(=O)CC1)C1CC1.